The number of anilines is 1. The maximum absolute atomic E-state index is 6.05. The molecule has 2 fully saturated rings. The molecule has 0 aliphatic carbocycles. The van der Waals surface area contributed by atoms with Crippen molar-refractivity contribution in [2.75, 3.05) is 57.9 Å². The molecule has 174 valence electrons. The van der Waals surface area contributed by atoms with Gasteiger partial charge in [0, 0.05) is 63.5 Å². The van der Waals surface area contributed by atoms with Gasteiger partial charge < -0.3 is 24.6 Å². The summed E-state index contributed by atoms with van der Waals surface area (Å²) in [6.45, 7) is 8.45. The lowest BCUT2D eigenvalue weighted by Crippen LogP contribution is -2.52. The Bertz CT molecular complexity index is 856. The molecule has 0 aromatic heterocycles. The Balaban J connectivity index is 0.00000289. The number of nitrogens with one attached hydrogen (secondary N) is 1. The van der Waals surface area contributed by atoms with E-state index in [0.29, 0.717) is 5.92 Å². The lowest BCUT2D eigenvalue weighted by atomic mass is 9.95. The van der Waals surface area contributed by atoms with Crippen LogP contribution in [0, 0.1) is 5.92 Å². The Morgan fingerprint density at radius 1 is 1.09 bits per heavy atom. The molecule has 1 N–H and O–H groups in total. The predicted molar refractivity (Wildman–Crippen MR) is 141 cm³/mol. The van der Waals surface area contributed by atoms with E-state index in [9.17, 15) is 0 Å². The summed E-state index contributed by atoms with van der Waals surface area (Å²) < 4.78 is 11.4. The van der Waals surface area contributed by atoms with Gasteiger partial charge in [0.2, 0.25) is 0 Å². The molecule has 0 bridgehead atoms. The van der Waals surface area contributed by atoms with Crippen molar-refractivity contribution in [3.8, 4) is 5.75 Å². The summed E-state index contributed by atoms with van der Waals surface area (Å²) in [5.41, 5.74) is 2.48. The number of hydrogen-bond acceptors (Lipinski definition) is 4. The minimum Gasteiger partial charge on any atom is -0.497 e. The van der Waals surface area contributed by atoms with Crippen LogP contribution in [0.5, 0.6) is 5.75 Å². The first-order valence-electron chi connectivity index (χ1n) is 11.4. The average molecular weight is 550 g/mol. The number of guanidine groups is 1. The van der Waals surface area contributed by atoms with Gasteiger partial charge in [-0.15, -0.1) is 24.0 Å². The van der Waals surface area contributed by atoms with E-state index >= 15 is 0 Å². The summed E-state index contributed by atoms with van der Waals surface area (Å²) in [5, 5.41) is 3.50. The number of rotatable bonds is 6. The minimum absolute atomic E-state index is 0. The molecule has 0 radical (unpaired) electrons. The highest BCUT2D eigenvalue weighted by Crippen LogP contribution is 2.34. The van der Waals surface area contributed by atoms with Gasteiger partial charge in [-0.1, -0.05) is 36.4 Å². The standard InChI is InChI=1S/C25H34N4O2.HI/c1-3-26-25(27-19-21-12-17-31-24(21)20-8-5-4-6-9-20)29-15-13-28(14-16-29)22-10-7-11-23(18-22)30-2;/h4-11,18,21,24H,3,12-17,19H2,1-2H3,(H,26,27);1H. The molecule has 2 saturated heterocycles. The number of methoxy groups -OCH3 is 1. The van der Waals surface area contributed by atoms with Crippen LogP contribution in [-0.2, 0) is 4.74 Å². The highest BCUT2D eigenvalue weighted by molar-refractivity contribution is 14.0. The molecular formula is C25H35IN4O2. The number of halogens is 1. The maximum atomic E-state index is 6.05. The molecular weight excluding hydrogens is 515 g/mol. The van der Waals surface area contributed by atoms with Crippen molar-refractivity contribution in [2.24, 2.45) is 10.9 Å². The van der Waals surface area contributed by atoms with E-state index in [0.717, 1.165) is 64.0 Å². The third-order valence-electron chi connectivity index (χ3n) is 6.15. The van der Waals surface area contributed by atoms with Crippen LogP contribution in [0.25, 0.3) is 0 Å². The van der Waals surface area contributed by atoms with E-state index in [2.05, 4.69) is 70.6 Å². The van der Waals surface area contributed by atoms with E-state index in [1.807, 2.05) is 6.07 Å². The zero-order valence-corrected chi connectivity index (χ0v) is 21.4. The summed E-state index contributed by atoms with van der Waals surface area (Å²) in [4.78, 5) is 9.83. The second kappa shape index (κ2) is 12.3. The molecule has 6 nitrogen and oxygen atoms in total. The van der Waals surface area contributed by atoms with Crippen LogP contribution in [-0.4, -0.2) is 63.8 Å². The summed E-state index contributed by atoms with van der Waals surface area (Å²) in [6, 6.07) is 18.9. The topological polar surface area (TPSA) is 49.3 Å². The van der Waals surface area contributed by atoms with Crippen molar-refractivity contribution in [1.29, 1.82) is 0 Å². The van der Waals surface area contributed by atoms with Gasteiger partial charge in [0.15, 0.2) is 5.96 Å². The molecule has 2 unspecified atom stereocenters. The van der Waals surface area contributed by atoms with Crippen molar-refractivity contribution in [3.05, 3.63) is 60.2 Å². The Morgan fingerprint density at radius 2 is 1.88 bits per heavy atom. The van der Waals surface area contributed by atoms with Gasteiger partial charge in [-0.05, 0) is 31.0 Å². The number of piperazine rings is 1. The van der Waals surface area contributed by atoms with Crippen molar-refractivity contribution in [3.63, 3.8) is 0 Å². The summed E-state index contributed by atoms with van der Waals surface area (Å²) in [6.07, 6.45) is 1.21. The molecule has 4 rings (SSSR count). The molecule has 2 aliphatic rings. The Morgan fingerprint density at radius 3 is 2.59 bits per heavy atom. The quantitative estimate of drug-likeness (QED) is 0.333. The van der Waals surface area contributed by atoms with E-state index < -0.39 is 0 Å². The molecule has 7 heteroatoms. The van der Waals surface area contributed by atoms with Gasteiger partial charge in [0.05, 0.1) is 13.2 Å². The number of hydrogen-bond donors (Lipinski definition) is 1. The Kier molecular flexibility index (Phi) is 9.47. The van der Waals surface area contributed by atoms with Crippen LogP contribution in [0.3, 0.4) is 0 Å². The summed E-state index contributed by atoms with van der Waals surface area (Å²) in [7, 11) is 1.72. The molecule has 2 aromatic carbocycles. The highest BCUT2D eigenvalue weighted by atomic mass is 127. The fraction of sp³-hybridized carbons (Fsp3) is 0.480. The van der Waals surface area contributed by atoms with E-state index in [4.69, 9.17) is 14.5 Å². The smallest absolute Gasteiger partial charge is 0.194 e. The minimum atomic E-state index is 0. The van der Waals surface area contributed by atoms with E-state index in [1.54, 1.807) is 7.11 Å². The zero-order valence-electron chi connectivity index (χ0n) is 19.1. The average Bonchev–Trinajstić information content (AvgIpc) is 3.31. The first-order chi connectivity index (χ1) is 15.3. The fourth-order valence-electron chi connectivity index (χ4n) is 4.45. The van der Waals surface area contributed by atoms with Crippen molar-refractivity contribution >= 4 is 35.6 Å². The van der Waals surface area contributed by atoms with Gasteiger partial charge in [0.1, 0.15) is 5.75 Å². The lowest BCUT2D eigenvalue weighted by Gasteiger charge is -2.38. The van der Waals surface area contributed by atoms with Crippen LogP contribution in [0.4, 0.5) is 5.69 Å². The molecule has 2 heterocycles. The first kappa shape index (κ1) is 24.6. The van der Waals surface area contributed by atoms with Crippen LogP contribution in [0.15, 0.2) is 59.6 Å². The van der Waals surface area contributed by atoms with Crippen LogP contribution < -0.4 is 15.0 Å². The third kappa shape index (κ3) is 6.07. The monoisotopic (exact) mass is 550 g/mol. The number of ether oxygens (including phenoxy) is 2. The molecule has 2 aliphatic heterocycles. The van der Waals surface area contributed by atoms with Gasteiger partial charge in [-0.2, -0.15) is 0 Å². The molecule has 0 amide bonds. The van der Waals surface area contributed by atoms with Gasteiger partial charge in [-0.25, -0.2) is 0 Å². The van der Waals surface area contributed by atoms with Crippen molar-refractivity contribution in [2.45, 2.75) is 19.4 Å². The normalized spacial score (nSPS) is 21.2. The number of nitrogens with zero attached hydrogens (tertiary/aromatic N) is 3. The van der Waals surface area contributed by atoms with Gasteiger partial charge in [-0.3, -0.25) is 4.99 Å². The Labute approximate surface area is 209 Å². The zero-order chi connectivity index (χ0) is 21.5. The SMILES string of the molecule is CCNC(=NCC1CCOC1c1ccccc1)N1CCN(c2cccc(OC)c2)CC1.I. The van der Waals surface area contributed by atoms with Crippen molar-refractivity contribution < 1.29 is 9.47 Å². The second-order valence-electron chi connectivity index (χ2n) is 8.12. The van der Waals surface area contributed by atoms with Crippen LogP contribution >= 0.6 is 24.0 Å². The van der Waals surface area contributed by atoms with Crippen LogP contribution in [0.1, 0.15) is 25.0 Å². The molecule has 0 spiro atoms. The fourth-order valence-corrected chi connectivity index (χ4v) is 4.45. The number of benzene rings is 2. The predicted octanol–water partition coefficient (Wildman–Crippen LogP) is 4.18. The summed E-state index contributed by atoms with van der Waals surface area (Å²) in [5.74, 6) is 2.35. The maximum Gasteiger partial charge on any atom is 0.194 e. The molecule has 0 saturated carbocycles. The molecule has 32 heavy (non-hydrogen) atoms. The highest BCUT2D eigenvalue weighted by Gasteiger charge is 2.30. The first-order valence-corrected chi connectivity index (χ1v) is 11.4. The van der Waals surface area contributed by atoms with E-state index in [-0.39, 0.29) is 30.1 Å². The summed E-state index contributed by atoms with van der Waals surface area (Å²) >= 11 is 0. The van der Waals surface area contributed by atoms with Gasteiger partial charge >= 0.3 is 0 Å². The third-order valence-corrected chi connectivity index (χ3v) is 6.15. The van der Waals surface area contributed by atoms with Gasteiger partial charge in [0.25, 0.3) is 0 Å². The molecule has 2 atom stereocenters. The second-order valence-corrected chi connectivity index (χ2v) is 8.12. The van der Waals surface area contributed by atoms with E-state index in [1.165, 1.54) is 11.3 Å². The van der Waals surface area contributed by atoms with Crippen molar-refractivity contribution in [1.82, 2.24) is 10.2 Å². The Hall–Kier alpha value is -2.00. The molecule has 2 aromatic rings. The lowest BCUT2D eigenvalue weighted by molar-refractivity contribution is 0.0925. The van der Waals surface area contributed by atoms with Crippen LogP contribution in [0.2, 0.25) is 0 Å². The largest absolute Gasteiger partial charge is 0.497 e. The number of aliphatic imine (C=N–C) groups is 1.